The van der Waals surface area contributed by atoms with E-state index in [0.717, 1.165) is 23.9 Å². The molecule has 2 unspecified atom stereocenters. The number of thiophene rings is 1. The second-order valence-corrected chi connectivity index (χ2v) is 9.52. The van der Waals surface area contributed by atoms with Gasteiger partial charge in [0, 0.05) is 20.3 Å². The highest BCUT2D eigenvalue weighted by Gasteiger charge is 2.35. The number of nitrogens with one attached hydrogen (secondary N) is 1. The van der Waals surface area contributed by atoms with Gasteiger partial charge >= 0.3 is 0 Å². The van der Waals surface area contributed by atoms with Gasteiger partial charge in [0.15, 0.2) is 9.84 Å². The van der Waals surface area contributed by atoms with Crippen LogP contribution in [0.4, 0.5) is 0 Å². The molecule has 1 aromatic rings. The van der Waals surface area contributed by atoms with Crippen LogP contribution in [0.3, 0.4) is 0 Å². The number of sulfone groups is 1. The normalized spacial score (nSPS) is 23.6. The van der Waals surface area contributed by atoms with E-state index in [1.165, 1.54) is 9.75 Å². The standard InChI is InChI=1S/C13H20BrNO2S2/c1-3-5-15-13(10-4-6-19(16,17)8-10)12-7-11(14)9(2)18-12/h7,10,13,15H,3-6,8H2,1-2H3. The molecule has 2 rings (SSSR count). The third-order valence-electron chi connectivity index (χ3n) is 3.54. The molecule has 1 aliphatic heterocycles. The second kappa shape index (κ2) is 6.24. The minimum absolute atomic E-state index is 0.173. The summed E-state index contributed by atoms with van der Waals surface area (Å²) >= 11 is 5.30. The predicted molar refractivity (Wildman–Crippen MR) is 84.6 cm³/mol. The third kappa shape index (κ3) is 3.80. The molecule has 1 N–H and O–H groups in total. The number of hydrogen-bond donors (Lipinski definition) is 1. The van der Waals surface area contributed by atoms with Gasteiger partial charge in [-0.3, -0.25) is 0 Å². The minimum Gasteiger partial charge on any atom is -0.309 e. The van der Waals surface area contributed by atoms with Crippen molar-refractivity contribution in [3.8, 4) is 0 Å². The van der Waals surface area contributed by atoms with Crippen molar-refractivity contribution in [3.63, 3.8) is 0 Å². The molecule has 1 aliphatic rings. The molecule has 1 fully saturated rings. The topological polar surface area (TPSA) is 46.2 Å². The van der Waals surface area contributed by atoms with Crippen LogP contribution in [0.2, 0.25) is 0 Å². The molecule has 3 nitrogen and oxygen atoms in total. The van der Waals surface area contributed by atoms with E-state index >= 15 is 0 Å². The van der Waals surface area contributed by atoms with Gasteiger partial charge in [-0.05, 0) is 54.2 Å². The van der Waals surface area contributed by atoms with Gasteiger partial charge in [-0.1, -0.05) is 6.92 Å². The molecule has 19 heavy (non-hydrogen) atoms. The summed E-state index contributed by atoms with van der Waals surface area (Å²) in [5.41, 5.74) is 0. The van der Waals surface area contributed by atoms with Crippen LogP contribution in [-0.4, -0.2) is 26.5 Å². The van der Waals surface area contributed by atoms with Gasteiger partial charge in [0.2, 0.25) is 0 Å². The van der Waals surface area contributed by atoms with Crippen LogP contribution in [0.15, 0.2) is 10.5 Å². The molecular formula is C13H20BrNO2S2. The molecule has 2 atom stereocenters. The monoisotopic (exact) mass is 365 g/mol. The van der Waals surface area contributed by atoms with Gasteiger partial charge in [0.1, 0.15) is 0 Å². The average Bonchev–Trinajstić information content (AvgIpc) is 2.84. The maximum absolute atomic E-state index is 11.7. The zero-order chi connectivity index (χ0) is 14.0. The summed E-state index contributed by atoms with van der Waals surface area (Å²) in [4.78, 5) is 2.50. The molecule has 0 aromatic carbocycles. The number of halogens is 1. The predicted octanol–water partition coefficient (Wildman–Crippen LogP) is 3.29. The molecule has 0 radical (unpaired) electrons. The molecule has 6 heteroatoms. The Morgan fingerprint density at radius 3 is 2.79 bits per heavy atom. The summed E-state index contributed by atoms with van der Waals surface area (Å²) in [6.45, 7) is 5.14. The SMILES string of the molecule is CCCNC(c1cc(Br)c(C)s1)C1CCS(=O)(=O)C1. The maximum atomic E-state index is 11.7. The summed E-state index contributed by atoms with van der Waals surface area (Å²) < 4.78 is 24.5. The van der Waals surface area contributed by atoms with Gasteiger partial charge in [0.25, 0.3) is 0 Å². The van der Waals surface area contributed by atoms with E-state index in [4.69, 9.17) is 0 Å². The van der Waals surface area contributed by atoms with Crippen LogP contribution in [0.1, 0.15) is 35.6 Å². The van der Waals surface area contributed by atoms with Crippen LogP contribution in [0.5, 0.6) is 0 Å². The zero-order valence-electron chi connectivity index (χ0n) is 11.3. The fourth-order valence-electron chi connectivity index (χ4n) is 2.52. The summed E-state index contributed by atoms with van der Waals surface area (Å²) in [6.07, 6.45) is 1.83. The van der Waals surface area contributed by atoms with Gasteiger partial charge in [-0.25, -0.2) is 8.42 Å². The lowest BCUT2D eigenvalue weighted by molar-refractivity contribution is 0.398. The molecule has 0 saturated carbocycles. The Morgan fingerprint density at radius 1 is 1.58 bits per heavy atom. The lowest BCUT2D eigenvalue weighted by Crippen LogP contribution is -2.29. The van der Waals surface area contributed by atoms with E-state index in [0.29, 0.717) is 11.5 Å². The van der Waals surface area contributed by atoms with Crippen molar-refractivity contribution in [2.75, 3.05) is 18.1 Å². The summed E-state index contributed by atoms with van der Waals surface area (Å²) in [5, 5.41) is 3.53. The molecule has 1 saturated heterocycles. The van der Waals surface area contributed by atoms with Crippen LogP contribution in [0.25, 0.3) is 0 Å². The Bertz CT molecular complexity index is 519. The first-order valence-corrected chi connectivity index (χ1v) is 10.1. The van der Waals surface area contributed by atoms with Crippen molar-refractivity contribution in [2.24, 2.45) is 5.92 Å². The number of aryl methyl sites for hydroxylation is 1. The van der Waals surface area contributed by atoms with Crippen LogP contribution in [-0.2, 0) is 9.84 Å². The lowest BCUT2D eigenvalue weighted by atomic mass is 9.97. The molecular weight excluding hydrogens is 346 g/mol. The van der Waals surface area contributed by atoms with Crippen LogP contribution >= 0.6 is 27.3 Å². The Labute approximate surface area is 127 Å². The van der Waals surface area contributed by atoms with E-state index < -0.39 is 9.84 Å². The average molecular weight is 366 g/mol. The smallest absolute Gasteiger partial charge is 0.150 e. The Balaban J connectivity index is 2.21. The molecule has 0 amide bonds. The molecule has 2 heterocycles. The first-order chi connectivity index (χ1) is 8.93. The highest BCUT2D eigenvalue weighted by molar-refractivity contribution is 9.10. The van der Waals surface area contributed by atoms with Gasteiger partial charge in [-0.15, -0.1) is 11.3 Å². The molecule has 0 spiro atoms. The maximum Gasteiger partial charge on any atom is 0.150 e. The lowest BCUT2D eigenvalue weighted by Gasteiger charge is -2.22. The quantitative estimate of drug-likeness (QED) is 0.870. The van der Waals surface area contributed by atoms with Crippen molar-refractivity contribution in [1.82, 2.24) is 5.32 Å². The highest BCUT2D eigenvalue weighted by Crippen LogP contribution is 2.37. The van der Waals surface area contributed by atoms with Crippen molar-refractivity contribution in [2.45, 2.75) is 32.7 Å². The Kier molecular flexibility index (Phi) is 5.09. The summed E-state index contributed by atoms with van der Waals surface area (Å²) in [5.74, 6) is 0.873. The van der Waals surface area contributed by atoms with Gasteiger partial charge in [-0.2, -0.15) is 0 Å². The van der Waals surface area contributed by atoms with E-state index in [-0.39, 0.29) is 12.0 Å². The summed E-state index contributed by atoms with van der Waals surface area (Å²) in [6, 6.07) is 2.31. The minimum atomic E-state index is -2.82. The molecule has 0 aliphatic carbocycles. The number of rotatable bonds is 5. The van der Waals surface area contributed by atoms with Crippen molar-refractivity contribution < 1.29 is 8.42 Å². The molecule has 0 bridgehead atoms. The molecule has 1 aromatic heterocycles. The largest absolute Gasteiger partial charge is 0.309 e. The van der Waals surface area contributed by atoms with Crippen LogP contribution in [0, 0.1) is 12.8 Å². The second-order valence-electron chi connectivity index (χ2n) is 5.15. The fourth-order valence-corrected chi connectivity index (χ4v) is 6.09. The van der Waals surface area contributed by atoms with Crippen molar-refractivity contribution >= 4 is 37.1 Å². The van der Waals surface area contributed by atoms with Gasteiger partial charge < -0.3 is 5.32 Å². The Morgan fingerprint density at radius 2 is 2.32 bits per heavy atom. The Hall–Kier alpha value is 0.0900. The van der Waals surface area contributed by atoms with Crippen molar-refractivity contribution in [3.05, 3.63) is 20.3 Å². The molecule has 108 valence electrons. The summed E-state index contributed by atoms with van der Waals surface area (Å²) in [7, 11) is -2.82. The van der Waals surface area contributed by atoms with Gasteiger partial charge in [0.05, 0.1) is 11.5 Å². The van der Waals surface area contributed by atoms with Crippen molar-refractivity contribution in [1.29, 1.82) is 0 Å². The van der Waals surface area contributed by atoms with Crippen LogP contribution < -0.4 is 5.32 Å². The fraction of sp³-hybridized carbons (Fsp3) is 0.692. The van der Waals surface area contributed by atoms with E-state index in [9.17, 15) is 8.42 Å². The van der Waals surface area contributed by atoms with E-state index in [1.807, 2.05) is 0 Å². The number of hydrogen-bond acceptors (Lipinski definition) is 4. The first kappa shape index (κ1) is 15.5. The first-order valence-electron chi connectivity index (χ1n) is 6.62. The third-order valence-corrected chi connectivity index (χ3v) is 7.55. The van der Waals surface area contributed by atoms with E-state index in [2.05, 4.69) is 41.2 Å². The van der Waals surface area contributed by atoms with E-state index in [1.54, 1.807) is 11.3 Å². The zero-order valence-corrected chi connectivity index (χ0v) is 14.5. The highest BCUT2D eigenvalue weighted by atomic mass is 79.9.